The van der Waals surface area contributed by atoms with Gasteiger partial charge in [-0.25, -0.2) is 14.5 Å². The Morgan fingerprint density at radius 2 is 1.42 bits per heavy atom. The predicted octanol–water partition coefficient (Wildman–Crippen LogP) is 5.41. The van der Waals surface area contributed by atoms with E-state index in [2.05, 4.69) is 6.07 Å². The van der Waals surface area contributed by atoms with Crippen LogP contribution in [0, 0.1) is 13.8 Å². The highest BCUT2D eigenvalue weighted by Gasteiger charge is 2.34. The van der Waals surface area contributed by atoms with Gasteiger partial charge in [0.05, 0.1) is 0 Å². The van der Waals surface area contributed by atoms with Gasteiger partial charge in [0.25, 0.3) is 0 Å². The Hall–Kier alpha value is -2.04. The van der Waals surface area contributed by atoms with Crippen LogP contribution in [0.3, 0.4) is 0 Å². The summed E-state index contributed by atoms with van der Waals surface area (Å²) in [6.07, 6.45) is -0.847. The molecule has 1 aromatic rings. The second-order valence-corrected chi connectivity index (χ2v) is 8.81. The number of imide groups is 1. The van der Waals surface area contributed by atoms with E-state index < -0.39 is 29.4 Å². The quantitative estimate of drug-likeness (QED) is 0.721. The Bertz CT molecular complexity index is 625. The van der Waals surface area contributed by atoms with Crippen LogP contribution in [0.1, 0.15) is 65.2 Å². The number of carbonyl (C=O) groups is 2. The van der Waals surface area contributed by atoms with Gasteiger partial charge in [-0.15, -0.1) is 0 Å². The minimum atomic E-state index is -0.698. The van der Waals surface area contributed by atoms with Crippen LogP contribution in [-0.4, -0.2) is 34.3 Å². The molecule has 0 heterocycles. The van der Waals surface area contributed by atoms with Gasteiger partial charge >= 0.3 is 12.2 Å². The normalized spacial score (nSPS) is 13.1. The first-order valence-electron chi connectivity index (χ1n) is 9.01. The van der Waals surface area contributed by atoms with Crippen molar-refractivity contribution in [3.63, 3.8) is 0 Å². The van der Waals surface area contributed by atoms with Gasteiger partial charge in [-0.3, -0.25) is 0 Å². The molecule has 5 heteroatoms. The molecule has 1 unspecified atom stereocenters. The zero-order valence-electron chi connectivity index (χ0n) is 17.6. The van der Waals surface area contributed by atoms with Gasteiger partial charge < -0.3 is 9.47 Å². The van der Waals surface area contributed by atoms with Gasteiger partial charge in [0.1, 0.15) is 11.2 Å². The number of aryl methyl sites for hydroxylation is 2. The van der Waals surface area contributed by atoms with E-state index in [1.165, 1.54) is 0 Å². The van der Waals surface area contributed by atoms with E-state index in [1.54, 1.807) is 41.5 Å². The summed E-state index contributed by atoms with van der Waals surface area (Å²) in [7, 11) is 0. The molecular formula is C21H33NO4. The molecule has 0 aromatic heterocycles. The molecule has 1 aromatic carbocycles. The van der Waals surface area contributed by atoms with E-state index in [0.29, 0.717) is 6.42 Å². The number of ether oxygens (including phenoxy) is 2. The lowest BCUT2D eigenvalue weighted by molar-refractivity contribution is -0.00573. The summed E-state index contributed by atoms with van der Waals surface area (Å²) in [6.45, 7) is 16.5. The van der Waals surface area contributed by atoms with E-state index in [4.69, 9.17) is 9.47 Å². The van der Waals surface area contributed by atoms with Crippen LogP contribution in [0.4, 0.5) is 9.59 Å². The molecular weight excluding hydrogens is 330 g/mol. The van der Waals surface area contributed by atoms with Crippen molar-refractivity contribution < 1.29 is 19.1 Å². The Morgan fingerprint density at radius 3 is 1.85 bits per heavy atom. The third-order valence-corrected chi connectivity index (χ3v) is 3.64. The minimum absolute atomic E-state index is 0.403. The molecule has 1 rings (SSSR count). The summed E-state index contributed by atoms with van der Waals surface area (Å²) in [5, 5.41) is 0. The standard InChI is InChI=1S/C21H33NO4/c1-14-10-11-15(2)17(12-14)13-16(3)22(18(23)25-20(4,5)6)19(24)26-21(7,8)9/h10-12,16H,13H2,1-9H3. The largest absolute Gasteiger partial charge is 0.443 e. The molecule has 0 aliphatic rings. The Labute approximate surface area is 157 Å². The van der Waals surface area contributed by atoms with Crippen LogP contribution in [0.5, 0.6) is 0 Å². The number of hydrogen-bond donors (Lipinski definition) is 0. The summed E-state index contributed by atoms with van der Waals surface area (Å²) in [6, 6.07) is 5.76. The fraction of sp³-hybridized carbons (Fsp3) is 0.619. The summed E-state index contributed by atoms with van der Waals surface area (Å²) in [5.74, 6) is 0. The van der Waals surface area contributed by atoms with Crippen molar-refractivity contribution in [3.8, 4) is 0 Å². The first-order chi connectivity index (χ1) is 11.7. The fourth-order valence-electron chi connectivity index (χ4n) is 2.49. The number of nitrogens with zero attached hydrogens (tertiary/aromatic N) is 1. The highest BCUT2D eigenvalue weighted by molar-refractivity contribution is 5.88. The van der Waals surface area contributed by atoms with Crippen LogP contribution >= 0.6 is 0 Å². The first-order valence-corrected chi connectivity index (χ1v) is 9.01. The van der Waals surface area contributed by atoms with Crippen molar-refractivity contribution in [3.05, 3.63) is 34.9 Å². The minimum Gasteiger partial charge on any atom is -0.443 e. The van der Waals surface area contributed by atoms with Crippen LogP contribution in [-0.2, 0) is 15.9 Å². The highest BCUT2D eigenvalue weighted by Crippen LogP contribution is 2.20. The predicted molar refractivity (Wildman–Crippen MR) is 103 cm³/mol. The van der Waals surface area contributed by atoms with Crippen LogP contribution in [0.2, 0.25) is 0 Å². The van der Waals surface area contributed by atoms with Gasteiger partial charge in [0.15, 0.2) is 0 Å². The monoisotopic (exact) mass is 363 g/mol. The van der Waals surface area contributed by atoms with Crippen LogP contribution in [0.25, 0.3) is 0 Å². The Kier molecular flexibility index (Phi) is 6.86. The molecule has 2 amide bonds. The molecule has 1 atom stereocenters. The van der Waals surface area contributed by atoms with Crippen molar-refractivity contribution in [2.45, 2.75) is 86.0 Å². The van der Waals surface area contributed by atoms with Gasteiger partial charge in [-0.05, 0) is 79.9 Å². The van der Waals surface area contributed by atoms with Gasteiger partial charge in [-0.1, -0.05) is 23.8 Å². The highest BCUT2D eigenvalue weighted by atomic mass is 16.6. The maximum Gasteiger partial charge on any atom is 0.420 e. The molecule has 0 aliphatic heterocycles. The van der Waals surface area contributed by atoms with Gasteiger partial charge in [0, 0.05) is 6.04 Å². The smallest absolute Gasteiger partial charge is 0.420 e. The number of rotatable bonds is 3. The molecule has 0 bridgehead atoms. The Morgan fingerprint density at radius 1 is 0.962 bits per heavy atom. The summed E-state index contributed by atoms with van der Waals surface area (Å²) in [5.41, 5.74) is 1.95. The third kappa shape index (κ3) is 7.06. The maximum absolute atomic E-state index is 12.7. The second kappa shape index (κ2) is 8.11. The van der Waals surface area contributed by atoms with Gasteiger partial charge in [0.2, 0.25) is 0 Å². The maximum atomic E-state index is 12.7. The van der Waals surface area contributed by atoms with E-state index in [-0.39, 0.29) is 0 Å². The number of benzene rings is 1. The first kappa shape index (κ1) is 22.0. The van der Waals surface area contributed by atoms with E-state index in [1.807, 2.05) is 32.9 Å². The van der Waals surface area contributed by atoms with E-state index in [0.717, 1.165) is 21.6 Å². The topological polar surface area (TPSA) is 55.8 Å². The second-order valence-electron chi connectivity index (χ2n) is 8.81. The SMILES string of the molecule is Cc1ccc(C)c(CC(C)N(C(=O)OC(C)(C)C)C(=O)OC(C)(C)C)c1. The zero-order valence-corrected chi connectivity index (χ0v) is 17.6. The van der Waals surface area contributed by atoms with Crippen molar-refractivity contribution >= 4 is 12.2 Å². The lowest BCUT2D eigenvalue weighted by atomic mass is 9.99. The summed E-state index contributed by atoms with van der Waals surface area (Å²) < 4.78 is 10.9. The molecule has 0 radical (unpaired) electrons. The van der Waals surface area contributed by atoms with Crippen molar-refractivity contribution in [2.75, 3.05) is 0 Å². The number of hydrogen-bond acceptors (Lipinski definition) is 4. The van der Waals surface area contributed by atoms with Gasteiger partial charge in [-0.2, -0.15) is 0 Å². The summed E-state index contributed by atoms with van der Waals surface area (Å²) >= 11 is 0. The molecule has 146 valence electrons. The molecule has 0 N–H and O–H groups in total. The summed E-state index contributed by atoms with van der Waals surface area (Å²) in [4.78, 5) is 26.4. The Balaban J connectivity index is 3.11. The van der Waals surface area contributed by atoms with Crippen LogP contribution < -0.4 is 0 Å². The molecule has 0 saturated carbocycles. The van der Waals surface area contributed by atoms with E-state index in [9.17, 15) is 9.59 Å². The molecule has 0 aliphatic carbocycles. The molecule has 5 nitrogen and oxygen atoms in total. The van der Waals surface area contributed by atoms with Crippen molar-refractivity contribution in [1.82, 2.24) is 4.90 Å². The van der Waals surface area contributed by atoms with Crippen molar-refractivity contribution in [1.29, 1.82) is 0 Å². The average molecular weight is 363 g/mol. The van der Waals surface area contributed by atoms with Crippen molar-refractivity contribution in [2.24, 2.45) is 0 Å². The number of amides is 2. The molecule has 0 saturated heterocycles. The van der Waals surface area contributed by atoms with E-state index >= 15 is 0 Å². The molecule has 0 spiro atoms. The lowest BCUT2D eigenvalue weighted by Gasteiger charge is -2.32. The average Bonchev–Trinajstić information content (AvgIpc) is 2.38. The third-order valence-electron chi connectivity index (χ3n) is 3.64. The lowest BCUT2D eigenvalue weighted by Crippen LogP contribution is -2.48. The molecule has 0 fully saturated rings. The zero-order chi connectivity index (χ0) is 20.3. The number of carbonyl (C=O) groups excluding carboxylic acids is 2. The fourth-order valence-corrected chi connectivity index (χ4v) is 2.49. The van der Waals surface area contributed by atoms with Crippen LogP contribution in [0.15, 0.2) is 18.2 Å². The molecule has 26 heavy (non-hydrogen) atoms.